The van der Waals surface area contributed by atoms with Crippen molar-refractivity contribution in [1.82, 2.24) is 4.98 Å². The average Bonchev–Trinajstić information content (AvgIpc) is 3.04. The molecule has 108 valence electrons. The third-order valence-corrected chi connectivity index (χ3v) is 4.75. The molecule has 0 saturated carbocycles. The lowest BCUT2D eigenvalue weighted by Crippen LogP contribution is -1.99. The van der Waals surface area contributed by atoms with Crippen LogP contribution in [0.3, 0.4) is 0 Å². The number of aromatic amines is 1. The van der Waals surface area contributed by atoms with Gasteiger partial charge in [-0.15, -0.1) is 11.3 Å². The number of aryl methyl sites for hydroxylation is 2. The molecule has 1 N–H and O–H groups in total. The van der Waals surface area contributed by atoms with Crippen LogP contribution in [0.1, 0.15) is 32.6 Å². The van der Waals surface area contributed by atoms with Crippen molar-refractivity contribution in [3.05, 3.63) is 51.3 Å². The summed E-state index contributed by atoms with van der Waals surface area (Å²) in [5.74, 6) is 0.805. The van der Waals surface area contributed by atoms with E-state index in [0.29, 0.717) is 12.2 Å². The number of hydrogen-bond donors (Lipinski definition) is 1. The van der Waals surface area contributed by atoms with Crippen molar-refractivity contribution in [3.63, 3.8) is 0 Å². The summed E-state index contributed by atoms with van der Waals surface area (Å²) in [5, 5.41) is 0.869. The molecule has 3 rings (SSSR count). The molecule has 3 nitrogen and oxygen atoms in total. The largest absolute Gasteiger partial charge is 0.493 e. The third-order valence-electron chi connectivity index (χ3n) is 3.60. The van der Waals surface area contributed by atoms with Gasteiger partial charge in [-0.3, -0.25) is 4.79 Å². The fraction of sp³-hybridized carbons (Fsp3) is 0.235. The van der Waals surface area contributed by atoms with Crippen molar-refractivity contribution >= 4 is 28.0 Å². The van der Waals surface area contributed by atoms with Gasteiger partial charge in [0.1, 0.15) is 5.75 Å². The van der Waals surface area contributed by atoms with Crippen LogP contribution in [0.5, 0.6) is 5.75 Å². The maximum Gasteiger partial charge on any atom is 0.205 e. The number of hydrogen-bond acceptors (Lipinski definition) is 3. The number of thiophene rings is 1. The van der Waals surface area contributed by atoms with Gasteiger partial charge in [0.2, 0.25) is 5.78 Å². The molecule has 2 aromatic heterocycles. The van der Waals surface area contributed by atoms with Gasteiger partial charge in [0.25, 0.3) is 0 Å². The normalized spacial score (nSPS) is 11.0. The molecule has 3 aromatic rings. The highest BCUT2D eigenvalue weighted by Crippen LogP contribution is 2.32. The van der Waals surface area contributed by atoms with Crippen LogP contribution in [-0.4, -0.2) is 17.4 Å². The molecular weight excluding hydrogens is 282 g/mol. The molecule has 0 bridgehead atoms. The Bertz CT molecular complexity index is 794. The molecule has 0 aliphatic carbocycles. The second-order valence-corrected chi connectivity index (χ2v) is 6.25. The number of ketones is 1. The van der Waals surface area contributed by atoms with Crippen molar-refractivity contribution < 1.29 is 9.53 Å². The molecule has 0 atom stereocenters. The lowest BCUT2D eigenvalue weighted by Gasteiger charge is -2.06. The van der Waals surface area contributed by atoms with E-state index in [1.54, 1.807) is 17.5 Å². The molecule has 4 heteroatoms. The molecule has 0 amide bonds. The van der Waals surface area contributed by atoms with E-state index in [2.05, 4.69) is 4.98 Å². The molecule has 0 fully saturated rings. The van der Waals surface area contributed by atoms with E-state index in [0.717, 1.165) is 27.1 Å². The summed E-state index contributed by atoms with van der Waals surface area (Å²) in [5.41, 5.74) is 2.76. The van der Waals surface area contributed by atoms with Crippen LogP contribution >= 0.6 is 11.3 Å². The van der Waals surface area contributed by atoms with Gasteiger partial charge in [-0.25, -0.2) is 0 Å². The summed E-state index contributed by atoms with van der Waals surface area (Å²) in [6.07, 6.45) is 1.78. The van der Waals surface area contributed by atoms with E-state index >= 15 is 0 Å². The second-order valence-electron chi connectivity index (χ2n) is 4.99. The fourth-order valence-corrected chi connectivity index (χ4v) is 3.41. The van der Waals surface area contributed by atoms with E-state index in [-0.39, 0.29) is 5.78 Å². The molecule has 0 spiro atoms. The van der Waals surface area contributed by atoms with E-state index in [4.69, 9.17) is 4.74 Å². The smallest absolute Gasteiger partial charge is 0.205 e. The highest BCUT2D eigenvalue weighted by Gasteiger charge is 2.19. The Morgan fingerprint density at radius 1 is 1.33 bits per heavy atom. The molecule has 0 aliphatic heterocycles. The van der Waals surface area contributed by atoms with Crippen molar-refractivity contribution in [2.45, 2.75) is 20.8 Å². The second kappa shape index (κ2) is 5.37. The van der Waals surface area contributed by atoms with Gasteiger partial charge in [-0.1, -0.05) is 6.07 Å². The van der Waals surface area contributed by atoms with Crippen molar-refractivity contribution in [1.29, 1.82) is 0 Å². The van der Waals surface area contributed by atoms with Gasteiger partial charge in [-0.2, -0.15) is 0 Å². The standard InChI is InChI=1S/C17H17NO2S/c1-4-20-14-7-5-6-13-16(14)12(9-18-13)17(19)15-8-10(2)11(3)21-15/h5-9,18H,4H2,1-3H3. The molecular formula is C17H17NO2S. The van der Waals surface area contributed by atoms with Crippen LogP contribution in [0.25, 0.3) is 10.9 Å². The fourth-order valence-electron chi connectivity index (χ4n) is 2.42. The van der Waals surface area contributed by atoms with Crippen LogP contribution in [0.15, 0.2) is 30.5 Å². The summed E-state index contributed by atoms with van der Waals surface area (Å²) in [4.78, 5) is 17.9. The Morgan fingerprint density at radius 2 is 2.14 bits per heavy atom. The Labute approximate surface area is 127 Å². The number of ether oxygens (including phenoxy) is 1. The average molecular weight is 299 g/mol. The molecule has 2 heterocycles. The number of fused-ring (bicyclic) bond motifs is 1. The highest BCUT2D eigenvalue weighted by atomic mass is 32.1. The number of nitrogens with one attached hydrogen (secondary N) is 1. The maximum absolute atomic E-state index is 12.8. The number of aromatic nitrogens is 1. The van der Waals surface area contributed by atoms with Gasteiger partial charge < -0.3 is 9.72 Å². The number of rotatable bonds is 4. The van der Waals surface area contributed by atoms with Crippen molar-refractivity contribution in [2.75, 3.05) is 6.61 Å². The summed E-state index contributed by atoms with van der Waals surface area (Å²) in [6, 6.07) is 7.75. The minimum absolute atomic E-state index is 0.0506. The number of carbonyl (C=O) groups is 1. The van der Waals surface area contributed by atoms with Gasteiger partial charge in [0.15, 0.2) is 0 Å². The Morgan fingerprint density at radius 3 is 2.81 bits per heavy atom. The number of H-pyrrole nitrogens is 1. The first-order valence-corrected chi connectivity index (χ1v) is 7.78. The van der Waals surface area contributed by atoms with Crippen LogP contribution in [0.2, 0.25) is 0 Å². The SMILES string of the molecule is CCOc1cccc2[nH]cc(C(=O)c3cc(C)c(C)s3)c12. The number of benzene rings is 1. The van der Waals surface area contributed by atoms with E-state index in [9.17, 15) is 4.79 Å². The van der Waals surface area contributed by atoms with Crippen LogP contribution in [0, 0.1) is 13.8 Å². The summed E-state index contributed by atoms with van der Waals surface area (Å²) < 4.78 is 5.66. The van der Waals surface area contributed by atoms with Gasteiger partial charge in [-0.05, 0) is 44.5 Å². The zero-order valence-electron chi connectivity index (χ0n) is 12.3. The predicted molar refractivity (Wildman–Crippen MR) is 86.7 cm³/mol. The highest BCUT2D eigenvalue weighted by molar-refractivity contribution is 7.14. The monoisotopic (exact) mass is 299 g/mol. The Balaban J connectivity index is 2.13. The summed E-state index contributed by atoms with van der Waals surface area (Å²) in [7, 11) is 0. The van der Waals surface area contributed by atoms with E-state index < -0.39 is 0 Å². The van der Waals surface area contributed by atoms with Crippen molar-refractivity contribution in [2.24, 2.45) is 0 Å². The van der Waals surface area contributed by atoms with Crippen LogP contribution in [-0.2, 0) is 0 Å². The van der Waals surface area contributed by atoms with Crippen LogP contribution in [0.4, 0.5) is 0 Å². The minimum atomic E-state index is 0.0506. The zero-order valence-corrected chi connectivity index (χ0v) is 13.1. The first kappa shape index (κ1) is 13.9. The van der Waals surface area contributed by atoms with Gasteiger partial charge >= 0.3 is 0 Å². The first-order valence-electron chi connectivity index (χ1n) is 6.96. The van der Waals surface area contributed by atoms with Gasteiger partial charge in [0, 0.05) is 16.6 Å². The lowest BCUT2D eigenvalue weighted by atomic mass is 10.1. The van der Waals surface area contributed by atoms with Crippen molar-refractivity contribution in [3.8, 4) is 5.75 Å². The third kappa shape index (κ3) is 2.36. The Hall–Kier alpha value is -2.07. The summed E-state index contributed by atoms with van der Waals surface area (Å²) in [6.45, 7) is 6.59. The first-order chi connectivity index (χ1) is 10.1. The Kier molecular flexibility index (Phi) is 3.55. The summed E-state index contributed by atoms with van der Waals surface area (Å²) >= 11 is 1.54. The molecule has 0 saturated heterocycles. The molecule has 0 radical (unpaired) electrons. The zero-order chi connectivity index (χ0) is 15.0. The lowest BCUT2D eigenvalue weighted by molar-refractivity contribution is 0.104. The molecule has 1 aromatic carbocycles. The molecule has 0 aliphatic rings. The predicted octanol–water partition coefficient (Wildman–Crippen LogP) is 4.48. The van der Waals surface area contributed by atoms with Crippen LogP contribution < -0.4 is 4.74 Å². The van der Waals surface area contributed by atoms with E-state index in [1.165, 1.54) is 4.88 Å². The quantitative estimate of drug-likeness (QED) is 0.722. The molecule has 0 unspecified atom stereocenters. The number of carbonyl (C=O) groups excluding carboxylic acids is 1. The molecule has 21 heavy (non-hydrogen) atoms. The van der Waals surface area contributed by atoms with Gasteiger partial charge in [0.05, 0.1) is 22.4 Å². The maximum atomic E-state index is 12.8. The van der Waals surface area contributed by atoms with E-state index in [1.807, 2.05) is 45.0 Å². The minimum Gasteiger partial charge on any atom is -0.493 e. The topological polar surface area (TPSA) is 42.1 Å².